The normalized spacial score (nSPS) is 19.1. The Kier molecular flexibility index (Phi) is 11.7. The number of ether oxygens (including phenoxy) is 1. The molecule has 10 heteroatoms. The van der Waals surface area contributed by atoms with Crippen LogP contribution in [0.5, 0.6) is 0 Å². The first-order chi connectivity index (χ1) is 24.4. The minimum Gasteiger partial charge on any atom is -0.611 e. The number of aliphatic imine (C=N–C) groups is 1. The van der Waals surface area contributed by atoms with Crippen LogP contribution in [0.15, 0.2) is 103 Å². The molecule has 2 amide bonds. The largest absolute Gasteiger partial charge is 0.611 e. The monoisotopic (exact) mass is 706 g/mol. The summed E-state index contributed by atoms with van der Waals surface area (Å²) in [7, 11) is 1.38. The quantitative estimate of drug-likeness (QED) is 0.150. The van der Waals surface area contributed by atoms with Gasteiger partial charge in [0, 0.05) is 46.6 Å². The Morgan fingerprint density at radius 2 is 1.59 bits per heavy atom. The van der Waals surface area contributed by atoms with Crippen LogP contribution in [0.3, 0.4) is 0 Å². The van der Waals surface area contributed by atoms with Crippen LogP contribution in [-0.2, 0) is 36.7 Å². The van der Waals surface area contributed by atoms with Gasteiger partial charge >= 0.3 is 5.97 Å². The molecular formula is C41H46N4O5S. The fraction of sp³-hybridized carbons (Fsp3) is 0.317. The van der Waals surface area contributed by atoms with Crippen molar-refractivity contribution in [3.63, 3.8) is 0 Å². The van der Waals surface area contributed by atoms with Gasteiger partial charge in [0.1, 0.15) is 5.75 Å². The summed E-state index contributed by atoms with van der Waals surface area (Å²) in [6, 6.07) is 7.62. The third-order valence-corrected chi connectivity index (χ3v) is 11.1. The van der Waals surface area contributed by atoms with Gasteiger partial charge in [-0.2, -0.15) is 0 Å². The van der Waals surface area contributed by atoms with Gasteiger partial charge in [0.05, 0.1) is 24.2 Å². The van der Waals surface area contributed by atoms with Crippen molar-refractivity contribution in [2.45, 2.75) is 78.5 Å². The molecule has 4 heterocycles. The Morgan fingerprint density at radius 1 is 0.882 bits per heavy atom. The van der Waals surface area contributed by atoms with E-state index in [0.29, 0.717) is 41.1 Å². The van der Waals surface area contributed by atoms with Gasteiger partial charge in [-0.05, 0) is 117 Å². The van der Waals surface area contributed by atoms with Crippen LogP contribution in [0.25, 0.3) is 12.2 Å². The summed E-state index contributed by atoms with van der Waals surface area (Å²) in [5.41, 5.74) is 12.5. The van der Waals surface area contributed by atoms with E-state index in [1.807, 2.05) is 70.2 Å². The number of amides is 2. The van der Waals surface area contributed by atoms with E-state index < -0.39 is 11.2 Å². The van der Waals surface area contributed by atoms with E-state index >= 15 is 0 Å². The molecule has 3 aliphatic heterocycles. The van der Waals surface area contributed by atoms with Crippen molar-refractivity contribution in [3.8, 4) is 0 Å². The van der Waals surface area contributed by atoms with Crippen molar-refractivity contribution in [1.82, 2.24) is 15.6 Å². The van der Waals surface area contributed by atoms with E-state index in [2.05, 4.69) is 29.1 Å². The molecule has 1 atom stereocenters. The fourth-order valence-corrected chi connectivity index (χ4v) is 7.59. The third kappa shape index (κ3) is 8.02. The molecule has 0 fully saturated rings. The van der Waals surface area contributed by atoms with Crippen molar-refractivity contribution in [2.75, 3.05) is 12.9 Å². The number of allylic oxidation sites excluding steroid dienone is 5. The molecule has 5 rings (SSSR count). The van der Waals surface area contributed by atoms with E-state index in [9.17, 15) is 18.9 Å². The molecule has 0 radical (unpaired) electrons. The van der Waals surface area contributed by atoms with E-state index in [1.54, 1.807) is 13.0 Å². The predicted molar refractivity (Wildman–Crippen MR) is 204 cm³/mol. The summed E-state index contributed by atoms with van der Waals surface area (Å²) in [6.45, 7) is 15.7. The van der Waals surface area contributed by atoms with E-state index in [1.165, 1.54) is 7.11 Å². The van der Waals surface area contributed by atoms with Crippen LogP contribution in [0.4, 0.5) is 0 Å². The molecule has 1 aromatic carbocycles. The number of aryl methyl sites for hydroxylation is 1. The van der Waals surface area contributed by atoms with Gasteiger partial charge in [-0.3, -0.25) is 14.4 Å². The first kappa shape index (κ1) is 37.3. The molecule has 0 saturated carbocycles. The molecule has 3 N–H and O–H groups in total. The molecule has 0 bridgehead atoms. The molecule has 9 nitrogen and oxygen atoms in total. The summed E-state index contributed by atoms with van der Waals surface area (Å²) in [6.07, 6.45) is 10.3. The van der Waals surface area contributed by atoms with E-state index in [-0.39, 0.29) is 24.2 Å². The van der Waals surface area contributed by atoms with E-state index in [4.69, 9.17) is 9.73 Å². The molecule has 266 valence electrons. The number of esters is 1. The zero-order chi connectivity index (χ0) is 37.0. The topological polar surface area (TPSA) is 136 Å². The van der Waals surface area contributed by atoms with Gasteiger partial charge in [-0.1, -0.05) is 43.7 Å². The average Bonchev–Trinajstić information content (AvgIpc) is 3.75. The van der Waals surface area contributed by atoms with Crippen molar-refractivity contribution in [2.24, 2.45) is 4.99 Å². The minimum atomic E-state index is -1.22. The number of hydrogen-bond donors (Lipinski definition) is 3. The molecule has 1 aromatic heterocycles. The van der Waals surface area contributed by atoms with Crippen LogP contribution in [0.2, 0.25) is 0 Å². The number of nitrogens with one attached hydrogen (secondary N) is 3. The molecule has 51 heavy (non-hydrogen) atoms. The molecular weight excluding hydrogens is 661 g/mol. The number of aromatic amines is 1. The summed E-state index contributed by atoms with van der Waals surface area (Å²) in [5.74, 6) is -0.296. The van der Waals surface area contributed by atoms with Crippen LogP contribution in [0.1, 0.15) is 81.5 Å². The number of nitrogens with zero attached hydrogens (tertiary/aromatic N) is 1. The number of carbonyl (C=O) groups is 3. The maximum atomic E-state index is 13.1. The lowest BCUT2D eigenvalue weighted by molar-refractivity contribution is -0.140. The van der Waals surface area contributed by atoms with Gasteiger partial charge in [-0.25, -0.2) is 4.99 Å². The highest BCUT2D eigenvalue weighted by atomic mass is 32.2. The smallest absolute Gasteiger partial charge is 0.305 e. The van der Waals surface area contributed by atoms with Gasteiger partial charge in [0.15, 0.2) is 4.90 Å². The Bertz CT molecular complexity index is 2020. The highest BCUT2D eigenvalue weighted by Gasteiger charge is 2.28. The number of methoxy groups -OCH3 is 1. The lowest BCUT2D eigenvalue weighted by Gasteiger charge is -2.10. The Balaban J connectivity index is 1.50. The predicted octanol–water partition coefficient (Wildman–Crippen LogP) is 7.15. The summed E-state index contributed by atoms with van der Waals surface area (Å²) in [4.78, 5) is 47.1. The number of carbonyl (C=O) groups excluding carboxylic acids is 3. The Morgan fingerprint density at radius 3 is 2.25 bits per heavy atom. The average molecular weight is 707 g/mol. The number of rotatable bonds is 13. The van der Waals surface area contributed by atoms with Gasteiger partial charge < -0.3 is 24.9 Å². The summed E-state index contributed by atoms with van der Waals surface area (Å²) >= 11 is -1.22. The zero-order valence-electron chi connectivity index (χ0n) is 30.5. The van der Waals surface area contributed by atoms with Crippen molar-refractivity contribution >= 4 is 46.8 Å². The van der Waals surface area contributed by atoms with Crippen LogP contribution >= 0.6 is 0 Å². The lowest BCUT2D eigenvalue weighted by atomic mass is 9.98. The second-order valence-electron chi connectivity index (χ2n) is 13.0. The van der Waals surface area contributed by atoms with Gasteiger partial charge in [-0.15, -0.1) is 0 Å². The van der Waals surface area contributed by atoms with Gasteiger partial charge in [0.2, 0.25) is 0 Å². The van der Waals surface area contributed by atoms with Crippen LogP contribution in [-0.4, -0.2) is 45.9 Å². The van der Waals surface area contributed by atoms with Crippen LogP contribution < -0.4 is 10.6 Å². The molecule has 0 saturated heterocycles. The number of hydrogen-bond acceptors (Lipinski definition) is 6. The number of benzene rings is 1. The molecule has 0 aliphatic carbocycles. The molecule has 3 aliphatic rings. The molecule has 2 aromatic rings. The van der Waals surface area contributed by atoms with Gasteiger partial charge in [0.25, 0.3) is 11.8 Å². The maximum Gasteiger partial charge on any atom is 0.305 e. The first-order valence-corrected chi connectivity index (χ1v) is 18.5. The highest BCUT2D eigenvalue weighted by Crippen LogP contribution is 2.35. The van der Waals surface area contributed by atoms with E-state index in [0.717, 1.165) is 79.5 Å². The summed E-state index contributed by atoms with van der Waals surface area (Å²) in [5, 5.41) is 5.94. The second-order valence-corrected chi connectivity index (χ2v) is 14.6. The third-order valence-electron chi connectivity index (χ3n) is 9.68. The highest BCUT2D eigenvalue weighted by molar-refractivity contribution is 7.91. The SMILES string of the molecule is C=CC1=C(C)C(=O)N/C1=C\C1=NC(=C\c2[nH]c(/C=C3\NC(=O)C(CC[S+]([O-])c4ccc(C)cc4)=C3C)c(C)c2CCC(=O)OC)/C(CCC)=C1C. The minimum absolute atomic E-state index is 0.146. The number of H-pyrrole nitrogens is 1. The van der Waals surface area contributed by atoms with Crippen molar-refractivity contribution in [1.29, 1.82) is 0 Å². The summed E-state index contributed by atoms with van der Waals surface area (Å²) < 4.78 is 17.9. The first-order valence-electron chi connectivity index (χ1n) is 17.2. The molecule has 1 unspecified atom stereocenters. The van der Waals surface area contributed by atoms with Crippen LogP contribution in [0, 0.1) is 13.8 Å². The number of aromatic nitrogens is 1. The van der Waals surface area contributed by atoms with Crippen molar-refractivity contribution < 1.29 is 23.7 Å². The fourth-order valence-electron chi connectivity index (χ4n) is 6.53. The Labute approximate surface area is 303 Å². The van der Waals surface area contributed by atoms with Crippen molar-refractivity contribution in [3.05, 3.63) is 122 Å². The zero-order valence-corrected chi connectivity index (χ0v) is 31.3. The lowest BCUT2D eigenvalue weighted by Crippen LogP contribution is -2.18. The second kappa shape index (κ2) is 16.0. The Hall–Kier alpha value is -4.93. The standard InChI is InChI=1S/C41H46N4O5S/c1-9-11-30-24(4)34(21-36-29(10-2)27(7)40(47)45-36)43-37(30)22-38-31(16-17-39(46)50-8)25(5)33(42-38)20-35-26(6)32(41(48)44-35)18-19-51(49)28-14-12-23(3)13-15-28/h10,12-15,20-22,42H,2,9,11,16-19H2,1,3-8H3,(H,44,48)(H,45,47)/b35-20-,36-21-,37-22-. The molecule has 0 spiro atoms. The maximum absolute atomic E-state index is 13.1.